The molecule has 0 spiro atoms. The van der Waals surface area contributed by atoms with E-state index in [1.807, 2.05) is 36.5 Å². The summed E-state index contributed by atoms with van der Waals surface area (Å²) >= 11 is 0. The largest absolute Gasteiger partial charge is 0.361 e. The molecule has 0 bridgehead atoms. The normalized spacial score (nSPS) is 12.4. The average Bonchev–Trinajstić information content (AvgIpc) is 3.10. The first kappa shape index (κ1) is 21.6. The number of rotatable bonds is 7. The van der Waals surface area contributed by atoms with Crippen LogP contribution >= 0.6 is 0 Å². The van der Waals surface area contributed by atoms with Crippen LogP contribution in [0.25, 0.3) is 10.9 Å². The highest BCUT2D eigenvalue weighted by atomic mass is 16.2. The number of amides is 2. The van der Waals surface area contributed by atoms with Crippen LogP contribution in [0.5, 0.6) is 0 Å². The van der Waals surface area contributed by atoms with Crippen LogP contribution in [-0.4, -0.2) is 22.8 Å². The molecule has 0 aliphatic carbocycles. The van der Waals surface area contributed by atoms with E-state index in [4.69, 9.17) is 0 Å². The molecule has 0 saturated heterocycles. The molecule has 2 aromatic carbocycles. The van der Waals surface area contributed by atoms with E-state index < -0.39 is 6.04 Å². The lowest BCUT2D eigenvalue weighted by Crippen LogP contribution is -2.44. The van der Waals surface area contributed by atoms with Crippen LogP contribution in [0.1, 0.15) is 63.1 Å². The van der Waals surface area contributed by atoms with Crippen LogP contribution in [0.2, 0.25) is 0 Å². The van der Waals surface area contributed by atoms with Crippen LogP contribution < -0.4 is 10.6 Å². The van der Waals surface area contributed by atoms with Gasteiger partial charge >= 0.3 is 0 Å². The molecule has 158 valence electrons. The molecule has 0 aliphatic rings. The molecular weight excluding hydrogens is 374 g/mol. The Balaban J connectivity index is 1.93. The fourth-order valence-corrected chi connectivity index (χ4v) is 3.88. The number of hydrogen-bond acceptors (Lipinski definition) is 2. The first-order chi connectivity index (χ1) is 14.3. The van der Waals surface area contributed by atoms with E-state index in [-0.39, 0.29) is 23.7 Å². The highest BCUT2D eigenvalue weighted by molar-refractivity contribution is 5.99. The van der Waals surface area contributed by atoms with Gasteiger partial charge in [-0.25, -0.2) is 0 Å². The zero-order valence-electron chi connectivity index (χ0n) is 18.4. The van der Waals surface area contributed by atoms with Gasteiger partial charge in [-0.3, -0.25) is 9.59 Å². The fourth-order valence-electron chi connectivity index (χ4n) is 3.88. The third kappa shape index (κ3) is 4.73. The number of hydrogen-bond donors (Lipinski definition) is 3. The predicted octanol–water partition coefficient (Wildman–Crippen LogP) is 5.10. The van der Waals surface area contributed by atoms with Crippen molar-refractivity contribution in [3.05, 3.63) is 65.4 Å². The van der Waals surface area contributed by atoms with Gasteiger partial charge in [-0.1, -0.05) is 64.1 Å². The second-order valence-corrected chi connectivity index (χ2v) is 8.43. The minimum Gasteiger partial charge on any atom is -0.361 e. The second-order valence-electron chi connectivity index (χ2n) is 8.43. The number of aromatic amines is 1. The average molecular weight is 406 g/mol. The highest BCUT2D eigenvalue weighted by Crippen LogP contribution is 2.32. The van der Waals surface area contributed by atoms with Crippen LogP contribution in [0.15, 0.2) is 48.7 Å². The number of H-pyrrole nitrogens is 1. The summed E-state index contributed by atoms with van der Waals surface area (Å²) < 4.78 is 0. The quantitative estimate of drug-likeness (QED) is 0.511. The third-order valence-electron chi connectivity index (χ3n) is 5.41. The fraction of sp³-hybridized carbons (Fsp3) is 0.360. The summed E-state index contributed by atoms with van der Waals surface area (Å²) in [5.74, 6) is 0.111. The molecule has 1 atom stereocenters. The van der Waals surface area contributed by atoms with Crippen molar-refractivity contribution >= 4 is 28.4 Å². The van der Waals surface area contributed by atoms with Crippen molar-refractivity contribution in [2.45, 2.75) is 58.9 Å². The van der Waals surface area contributed by atoms with Gasteiger partial charge in [0.2, 0.25) is 11.8 Å². The van der Waals surface area contributed by atoms with Crippen molar-refractivity contribution in [1.82, 2.24) is 10.3 Å². The number of nitrogens with one attached hydrogen (secondary N) is 3. The van der Waals surface area contributed by atoms with Crippen molar-refractivity contribution < 1.29 is 9.59 Å². The van der Waals surface area contributed by atoms with Gasteiger partial charge in [-0.05, 0) is 34.6 Å². The molecule has 2 amide bonds. The first-order valence-electron chi connectivity index (χ1n) is 10.5. The number of fused-ring (bicyclic) bond motifs is 1. The van der Waals surface area contributed by atoms with Crippen molar-refractivity contribution in [3.63, 3.8) is 0 Å². The summed E-state index contributed by atoms with van der Waals surface area (Å²) in [6.07, 6.45) is 2.32. The Morgan fingerprint density at radius 1 is 0.933 bits per heavy atom. The lowest BCUT2D eigenvalue weighted by Gasteiger charge is -2.23. The van der Waals surface area contributed by atoms with Gasteiger partial charge < -0.3 is 15.6 Å². The molecular formula is C25H31N3O2. The van der Waals surface area contributed by atoms with Gasteiger partial charge in [-0.15, -0.1) is 0 Å². The molecule has 3 aromatic rings. The highest BCUT2D eigenvalue weighted by Gasteiger charge is 2.24. The van der Waals surface area contributed by atoms with Gasteiger partial charge in [0.1, 0.15) is 6.04 Å². The Bertz CT molecular complexity index is 1020. The maximum Gasteiger partial charge on any atom is 0.247 e. The van der Waals surface area contributed by atoms with Gasteiger partial charge in [0.25, 0.3) is 0 Å². The van der Waals surface area contributed by atoms with Crippen LogP contribution in [0, 0.1) is 0 Å². The summed E-state index contributed by atoms with van der Waals surface area (Å²) in [6.45, 7) is 9.91. The minimum absolute atomic E-state index is 0.203. The molecule has 0 saturated carbocycles. The lowest BCUT2D eigenvalue weighted by molar-refractivity contribution is -0.125. The maximum absolute atomic E-state index is 13.3. The Hall–Kier alpha value is -3.08. The Kier molecular flexibility index (Phi) is 6.60. The first-order valence-corrected chi connectivity index (χ1v) is 10.5. The van der Waals surface area contributed by atoms with Crippen LogP contribution in [0.4, 0.5) is 5.69 Å². The number of carbonyl (C=O) groups is 2. The van der Waals surface area contributed by atoms with Gasteiger partial charge in [-0.2, -0.15) is 0 Å². The van der Waals surface area contributed by atoms with E-state index in [1.54, 1.807) is 0 Å². The molecule has 3 rings (SSSR count). The SMILES string of the molecule is CC(=O)N[C@@H](Cc1c[nH]c2ccccc12)C(=O)Nc1c(C(C)C)cccc1C(C)C. The number of para-hydroxylation sites is 2. The standard InChI is InChI=1S/C25H31N3O2/c1-15(2)19-10-8-11-20(16(3)4)24(19)28-25(30)23(27-17(5)29)13-18-14-26-22-12-7-6-9-21(18)22/h6-12,14-16,23,26H,13H2,1-5H3,(H,27,29)(H,28,30)/t23-/m0/s1. The van der Waals surface area contributed by atoms with E-state index in [0.29, 0.717) is 6.42 Å². The molecule has 5 heteroatoms. The summed E-state index contributed by atoms with van der Waals surface area (Å²) in [6, 6.07) is 13.4. The number of anilines is 1. The van der Waals surface area contributed by atoms with Gasteiger partial charge in [0, 0.05) is 36.1 Å². The van der Waals surface area contributed by atoms with E-state index in [1.165, 1.54) is 6.92 Å². The van der Waals surface area contributed by atoms with E-state index >= 15 is 0 Å². The van der Waals surface area contributed by atoms with Crippen molar-refractivity contribution in [3.8, 4) is 0 Å². The Morgan fingerprint density at radius 2 is 1.57 bits per heavy atom. The lowest BCUT2D eigenvalue weighted by atomic mass is 9.92. The molecule has 0 aliphatic heterocycles. The van der Waals surface area contributed by atoms with Crippen molar-refractivity contribution in [1.29, 1.82) is 0 Å². The summed E-state index contributed by atoms with van der Waals surface area (Å²) in [7, 11) is 0. The molecule has 0 radical (unpaired) electrons. The zero-order chi connectivity index (χ0) is 21.8. The Morgan fingerprint density at radius 3 is 2.17 bits per heavy atom. The molecule has 0 fully saturated rings. The van der Waals surface area contributed by atoms with E-state index in [0.717, 1.165) is 33.3 Å². The Labute approximate surface area is 178 Å². The molecule has 30 heavy (non-hydrogen) atoms. The number of aromatic nitrogens is 1. The van der Waals surface area contributed by atoms with Gasteiger partial charge in [0.05, 0.1) is 0 Å². The van der Waals surface area contributed by atoms with Crippen molar-refractivity contribution in [2.75, 3.05) is 5.32 Å². The molecule has 5 nitrogen and oxygen atoms in total. The molecule has 3 N–H and O–H groups in total. The summed E-state index contributed by atoms with van der Waals surface area (Å²) in [5, 5.41) is 7.04. The third-order valence-corrected chi connectivity index (χ3v) is 5.41. The van der Waals surface area contributed by atoms with E-state index in [2.05, 4.69) is 55.4 Å². The minimum atomic E-state index is -0.665. The number of carbonyl (C=O) groups excluding carboxylic acids is 2. The smallest absolute Gasteiger partial charge is 0.247 e. The predicted molar refractivity (Wildman–Crippen MR) is 123 cm³/mol. The summed E-state index contributed by atoms with van der Waals surface area (Å²) in [5.41, 5.74) is 5.08. The summed E-state index contributed by atoms with van der Waals surface area (Å²) in [4.78, 5) is 28.4. The van der Waals surface area contributed by atoms with Crippen LogP contribution in [0.3, 0.4) is 0 Å². The molecule has 1 heterocycles. The maximum atomic E-state index is 13.3. The van der Waals surface area contributed by atoms with Crippen molar-refractivity contribution in [2.24, 2.45) is 0 Å². The number of benzene rings is 2. The van der Waals surface area contributed by atoms with Gasteiger partial charge in [0.15, 0.2) is 0 Å². The monoisotopic (exact) mass is 405 g/mol. The molecule has 1 aromatic heterocycles. The topological polar surface area (TPSA) is 74.0 Å². The van der Waals surface area contributed by atoms with Crippen LogP contribution in [-0.2, 0) is 16.0 Å². The zero-order valence-corrected chi connectivity index (χ0v) is 18.4. The molecule has 0 unspecified atom stereocenters. The second kappa shape index (κ2) is 9.16. The van der Waals surface area contributed by atoms with E-state index in [9.17, 15) is 9.59 Å².